The largest absolute Gasteiger partial charge is 0.508 e. The van der Waals surface area contributed by atoms with Gasteiger partial charge in [0.05, 0.1) is 11.5 Å². The van der Waals surface area contributed by atoms with Crippen molar-refractivity contribution >= 4 is 33.2 Å². The predicted molar refractivity (Wildman–Crippen MR) is 102 cm³/mol. The molecule has 3 amide bonds. The Hall–Kier alpha value is -3.07. The lowest BCUT2D eigenvalue weighted by molar-refractivity contribution is 0.102. The number of hydrogen-bond acceptors (Lipinski definition) is 5. The highest BCUT2D eigenvalue weighted by atomic mass is 32.2. The van der Waals surface area contributed by atoms with Crippen LogP contribution >= 0.6 is 0 Å². The first-order valence-corrected chi connectivity index (χ1v) is 10.1. The van der Waals surface area contributed by atoms with Crippen LogP contribution in [0.4, 0.5) is 16.2 Å². The van der Waals surface area contributed by atoms with Gasteiger partial charge in [-0.1, -0.05) is 0 Å². The molecule has 3 rings (SSSR count). The van der Waals surface area contributed by atoms with Crippen LogP contribution in [0.2, 0.25) is 0 Å². The molecule has 0 aromatic heterocycles. The molecule has 1 aliphatic heterocycles. The summed E-state index contributed by atoms with van der Waals surface area (Å²) in [6.45, 7) is 0. The van der Waals surface area contributed by atoms with E-state index in [1.54, 1.807) is 36.4 Å². The number of hydrogen-bond donors (Lipinski definition) is 4. The predicted octanol–water partition coefficient (Wildman–Crippen LogP) is 1.95. The van der Waals surface area contributed by atoms with Crippen LogP contribution in [0.25, 0.3) is 0 Å². The quantitative estimate of drug-likeness (QED) is 0.595. The summed E-state index contributed by atoms with van der Waals surface area (Å²) in [5, 5.41) is 17.2. The Morgan fingerprint density at radius 1 is 0.926 bits per heavy atom. The molecule has 9 heteroatoms. The molecule has 0 spiro atoms. The standard InChI is InChI=1S/C18H19N3O5S/c22-16-7-5-13(6-8-16)19-17(23)12-1-3-14(4-2-12)20-18(24)21-15-9-10-27(25,26)11-15/h1-8,15,22H,9-11H2,(H,19,23)(H2,20,21,24). The zero-order chi connectivity index (χ0) is 19.4. The Kier molecular flexibility index (Phi) is 5.31. The maximum absolute atomic E-state index is 12.2. The highest BCUT2D eigenvalue weighted by molar-refractivity contribution is 7.91. The van der Waals surface area contributed by atoms with Crippen LogP contribution < -0.4 is 16.0 Å². The molecule has 0 radical (unpaired) electrons. The summed E-state index contributed by atoms with van der Waals surface area (Å²) in [5.41, 5.74) is 1.43. The van der Waals surface area contributed by atoms with Gasteiger partial charge in [0.25, 0.3) is 5.91 Å². The van der Waals surface area contributed by atoms with E-state index in [1.807, 2.05) is 0 Å². The average molecular weight is 389 g/mol. The molecule has 8 nitrogen and oxygen atoms in total. The van der Waals surface area contributed by atoms with Gasteiger partial charge >= 0.3 is 6.03 Å². The van der Waals surface area contributed by atoms with Crippen LogP contribution in [0.3, 0.4) is 0 Å². The van der Waals surface area contributed by atoms with Gasteiger partial charge in [-0.3, -0.25) is 4.79 Å². The molecule has 1 aliphatic rings. The van der Waals surface area contributed by atoms with Crippen LogP contribution in [-0.4, -0.2) is 43.0 Å². The molecule has 2 aromatic rings. The van der Waals surface area contributed by atoms with E-state index < -0.39 is 15.9 Å². The van der Waals surface area contributed by atoms with Gasteiger partial charge in [0, 0.05) is 23.0 Å². The van der Waals surface area contributed by atoms with Gasteiger partial charge in [0.1, 0.15) is 5.75 Å². The van der Waals surface area contributed by atoms with Crippen molar-refractivity contribution in [1.82, 2.24) is 5.32 Å². The minimum Gasteiger partial charge on any atom is -0.508 e. The number of sulfone groups is 1. The van der Waals surface area contributed by atoms with E-state index in [0.717, 1.165) is 0 Å². The fraction of sp³-hybridized carbons (Fsp3) is 0.222. The Labute approximate surface area is 156 Å². The van der Waals surface area contributed by atoms with E-state index in [-0.39, 0.29) is 29.2 Å². The van der Waals surface area contributed by atoms with Gasteiger partial charge in [0.15, 0.2) is 9.84 Å². The summed E-state index contributed by atoms with van der Waals surface area (Å²) in [6, 6.07) is 11.5. The van der Waals surface area contributed by atoms with Crippen LogP contribution in [-0.2, 0) is 9.84 Å². The Balaban J connectivity index is 1.54. The monoisotopic (exact) mass is 389 g/mol. The lowest BCUT2D eigenvalue weighted by Gasteiger charge is -2.12. The van der Waals surface area contributed by atoms with Crippen molar-refractivity contribution in [3.05, 3.63) is 54.1 Å². The fourth-order valence-electron chi connectivity index (χ4n) is 2.71. The summed E-state index contributed by atoms with van der Waals surface area (Å²) < 4.78 is 22.8. The molecular formula is C18H19N3O5S. The molecule has 27 heavy (non-hydrogen) atoms. The number of carbonyl (C=O) groups excluding carboxylic acids is 2. The number of carbonyl (C=O) groups is 2. The normalized spacial score (nSPS) is 17.9. The zero-order valence-corrected chi connectivity index (χ0v) is 15.1. The summed E-state index contributed by atoms with van der Waals surface area (Å²) in [7, 11) is -3.06. The maximum Gasteiger partial charge on any atom is 0.319 e. The first-order chi connectivity index (χ1) is 12.8. The van der Waals surface area contributed by atoms with E-state index in [9.17, 15) is 23.1 Å². The molecule has 1 unspecified atom stereocenters. The number of rotatable bonds is 4. The molecule has 1 atom stereocenters. The smallest absolute Gasteiger partial charge is 0.319 e. The Morgan fingerprint density at radius 3 is 2.11 bits per heavy atom. The lowest BCUT2D eigenvalue weighted by Crippen LogP contribution is -2.38. The minimum atomic E-state index is -3.06. The second kappa shape index (κ2) is 7.67. The third-order valence-electron chi connectivity index (χ3n) is 4.10. The molecule has 0 bridgehead atoms. The second-order valence-corrected chi connectivity index (χ2v) is 8.51. The van der Waals surface area contributed by atoms with Crippen molar-refractivity contribution in [3.8, 4) is 5.75 Å². The van der Waals surface area contributed by atoms with Crippen molar-refractivity contribution in [2.45, 2.75) is 12.5 Å². The van der Waals surface area contributed by atoms with Gasteiger partial charge in [-0.25, -0.2) is 13.2 Å². The third kappa shape index (κ3) is 5.20. The van der Waals surface area contributed by atoms with Crippen LogP contribution in [0.1, 0.15) is 16.8 Å². The number of phenols is 1. The number of aromatic hydroxyl groups is 1. The molecular weight excluding hydrogens is 370 g/mol. The first kappa shape index (κ1) is 18.7. The summed E-state index contributed by atoms with van der Waals surface area (Å²) in [5.74, 6) is -0.177. The maximum atomic E-state index is 12.2. The minimum absolute atomic E-state index is 0.0449. The molecule has 142 valence electrons. The highest BCUT2D eigenvalue weighted by Gasteiger charge is 2.28. The van der Waals surface area contributed by atoms with Crippen molar-refractivity contribution in [2.75, 3.05) is 22.1 Å². The Morgan fingerprint density at radius 2 is 1.52 bits per heavy atom. The van der Waals surface area contributed by atoms with E-state index in [0.29, 0.717) is 23.4 Å². The first-order valence-electron chi connectivity index (χ1n) is 8.29. The Bertz CT molecular complexity index is 940. The zero-order valence-electron chi connectivity index (χ0n) is 14.3. The molecule has 4 N–H and O–H groups in total. The van der Waals surface area contributed by atoms with Gasteiger partial charge in [0.2, 0.25) is 0 Å². The third-order valence-corrected chi connectivity index (χ3v) is 5.87. The number of anilines is 2. The van der Waals surface area contributed by atoms with Crippen LogP contribution in [0.15, 0.2) is 48.5 Å². The molecule has 1 heterocycles. The van der Waals surface area contributed by atoms with Gasteiger partial charge in [-0.15, -0.1) is 0 Å². The van der Waals surface area contributed by atoms with Gasteiger partial charge in [-0.05, 0) is 55.0 Å². The summed E-state index contributed by atoms with van der Waals surface area (Å²) in [4.78, 5) is 24.1. The average Bonchev–Trinajstić information content (AvgIpc) is 2.96. The van der Waals surface area contributed by atoms with Crippen LogP contribution in [0.5, 0.6) is 5.75 Å². The topological polar surface area (TPSA) is 125 Å². The molecule has 1 saturated heterocycles. The highest BCUT2D eigenvalue weighted by Crippen LogP contribution is 2.16. The van der Waals surface area contributed by atoms with Crippen LogP contribution in [0, 0.1) is 0 Å². The molecule has 2 aromatic carbocycles. The summed E-state index contributed by atoms with van der Waals surface area (Å²) >= 11 is 0. The molecule has 0 saturated carbocycles. The van der Waals surface area contributed by atoms with Crippen molar-refractivity contribution in [1.29, 1.82) is 0 Å². The van der Waals surface area contributed by atoms with E-state index in [4.69, 9.17) is 0 Å². The number of nitrogens with one attached hydrogen (secondary N) is 3. The second-order valence-electron chi connectivity index (χ2n) is 6.28. The lowest BCUT2D eigenvalue weighted by atomic mass is 10.2. The van der Waals surface area contributed by atoms with E-state index in [1.165, 1.54) is 12.1 Å². The van der Waals surface area contributed by atoms with Gasteiger partial charge in [-0.2, -0.15) is 0 Å². The molecule has 0 aliphatic carbocycles. The van der Waals surface area contributed by atoms with E-state index >= 15 is 0 Å². The van der Waals surface area contributed by atoms with Crippen molar-refractivity contribution in [3.63, 3.8) is 0 Å². The number of phenolic OH excluding ortho intramolecular Hbond substituents is 1. The summed E-state index contributed by atoms with van der Waals surface area (Å²) in [6.07, 6.45) is 0.409. The molecule has 1 fully saturated rings. The SMILES string of the molecule is O=C(Nc1ccc(C(=O)Nc2ccc(O)cc2)cc1)NC1CCS(=O)(=O)C1. The fourth-order valence-corrected chi connectivity index (χ4v) is 4.39. The van der Waals surface area contributed by atoms with E-state index in [2.05, 4.69) is 16.0 Å². The number of benzene rings is 2. The number of urea groups is 1. The van der Waals surface area contributed by atoms with Crippen molar-refractivity contribution in [2.24, 2.45) is 0 Å². The number of amides is 3. The van der Waals surface area contributed by atoms with Crippen molar-refractivity contribution < 1.29 is 23.1 Å². The van der Waals surface area contributed by atoms with Gasteiger partial charge < -0.3 is 21.1 Å².